The van der Waals surface area contributed by atoms with Crippen LogP contribution in [0, 0.1) is 5.92 Å². The number of aromatic nitrogens is 2. The van der Waals surface area contributed by atoms with Gasteiger partial charge in [0.25, 0.3) is 0 Å². The second-order valence-corrected chi connectivity index (χ2v) is 7.26. The van der Waals surface area contributed by atoms with Crippen molar-refractivity contribution >= 4 is 34.3 Å². The number of rotatable bonds is 7. The van der Waals surface area contributed by atoms with Crippen LogP contribution in [-0.4, -0.2) is 48.7 Å². The van der Waals surface area contributed by atoms with Gasteiger partial charge in [-0.1, -0.05) is 23.5 Å². The van der Waals surface area contributed by atoms with E-state index in [0.717, 1.165) is 5.56 Å². The first-order chi connectivity index (χ1) is 13.5. The van der Waals surface area contributed by atoms with Crippen LogP contribution in [0.2, 0.25) is 0 Å². The van der Waals surface area contributed by atoms with Crippen molar-refractivity contribution in [2.45, 2.75) is 19.6 Å². The van der Waals surface area contributed by atoms with Crippen molar-refractivity contribution < 1.29 is 23.9 Å². The highest BCUT2D eigenvalue weighted by molar-refractivity contribution is 7.15. The lowest BCUT2D eigenvalue weighted by Gasteiger charge is -2.13. The SMILES string of the molecule is COCc1nnc(N2CC(C(=O)NCc3ccc(C(=O)OC)cc3)CC2=O)s1. The van der Waals surface area contributed by atoms with E-state index >= 15 is 0 Å². The molecule has 1 fully saturated rings. The molecule has 2 aromatic rings. The van der Waals surface area contributed by atoms with Gasteiger partial charge in [0.2, 0.25) is 16.9 Å². The number of anilines is 1. The zero-order valence-electron chi connectivity index (χ0n) is 15.5. The van der Waals surface area contributed by atoms with E-state index in [4.69, 9.17) is 4.74 Å². The van der Waals surface area contributed by atoms with Crippen LogP contribution in [0.5, 0.6) is 0 Å². The number of methoxy groups -OCH3 is 2. The Kier molecular flexibility index (Phi) is 6.32. The standard InChI is InChI=1S/C18H20N4O5S/c1-26-10-14-20-21-18(28-14)22-9-13(7-15(22)23)16(24)19-8-11-3-5-12(6-4-11)17(25)27-2/h3-6,13H,7-10H2,1-2H3,(H,19,24). The molecular weight excluding hydrogens is 384 g/mol. The minimum atomic E-state index is -0.448. The number of esters is 1. The van der Waals surface area contributed by atoms with Crippen LogP contribution < -0.4 is 10.2 Å². The van der Waals surface area contributed by atoms with Crippen LogP contribution in [0.15, 0.2) is 24.3 Å². The van der Waals surface area contributed by atoms with E-state index in [2.05, 4.69) is 20.3 Å². The summed E-state index contributed by atoms with van der Waals surface area (Å²) < 4.78 is 9.66. The number of amides is 2. The van der Waals surface area contributed by atoms with Gasteiger partial charge in [0, 0.05) is 26.6 Å². The van der Waals surface area contributed by atoms with E-state index in [1.54, 1.807) is 31.4 Å². The quantitative estimate of drug-likeness (QED) is 0.689. The largest absolute Gasteiger partial charge is 0.465 e. The Morgan fingerprint density at radius 2 is 2.00 bits per heavy atom. The molecule has 1 atom stereocenters. The van der Waals surface area contributed by atoms with Gasteiger partial charge in [-0.05, 0) is 17.7 Å². The van der Waals surface area contributed by atoms with Gasteiger partial charge < -0.3 is 14.8 Å². The number of benzene rings is 1. The van der Waals surface area contributed by atoms with Crippen molar-refractivity contribution in [1.82, 2.24) is 15.5 Å². The molecule has 1 aromatic heterocycles. The molecule has 1 aromatic carbocycles. The molecule has 1 N–H and O–H groups in total. The average molecular weight is 404 g/mol. The van der Waals surface area contributed by atoms with Crippen molar-refractivity contribution in [2.24, 2.45) is 5.92 Å². The Balaban J connectivity index is 1.55. The summed E-state index contributed by atoms with van der Waals surface area (Å²) in [5.41, 5.74) is 1.29. The van der Waals surface area contributed by atoms with Gasteiger partial charge >= 0.3 is 5.97 Å². The zero-order valence-corrected chi connectivity index (χ0v) is 16.3. The lowest BCUT2D eigenvalue weighted by Crippen LogP contribution is -2.32. The van der Waals surface area contributed by atoms with Crippen molar-refractivity contribution in [2.75, 3.05) is 25.7 Å². The number of hydrogen-bond acceptors (Lipinski definition) is 8. The van der Waals surface area contributed by atoms with Crippen LogP contribution in [0.4, 0.5) is 5.13 Å². The first-order valence-electron chi connectivity index (χ1n) is 8.58. The monoisotopic (exact) mass is 404 g/mol. The van der Waals surface area contributed by atoms with Crippen LogP contribution in [0.25, 0.3) is 0 Å². The fourth-order valence-electron chi connectivity index (χ4n) is 2.81. The van der Waals surface area contributed by atoms with E-state index in [0.29, 0.717) is 28.9 Å². The lowest BCUT2D eigenvalue weighted by atomic mass is 10.1. The third kappa shape index (κ3) is 4.52. The third-order valence-corrected chi connectivity index (χ3v) is 5.21. The number of nitrogens with one attached hydrogen (secondary N) is 1. The van der Waals surface area contributed by atoms with Crippen LogP contribution in [-0.2, 0) is 32.2 Å². The molecule has 148 valence electrons. The molecule has 1 aliphatic rings. The summed E-state index contributed by atoms with van der Waals surface area (Å²) in [4.78, 5) is 37.7. The lowest BCUT2D eigenvalue weighted by molar-refractivity contribution is -0.126. The van der Waals surface area contributed by atoms with Crippen molar-refractivity contribution in [1.29, 1.82) is 0 Å². The molecule has 3 rings (SSSR count). The average Bonchev–Trinajstić information content (AvgIpc) is 3.32. The minimum Gasteiger partial charge on any atom is -0.465 e. The summed E-state index contributed by atoms with van der Waals surface area (Å²) in [5.74, 6) is -1.21. The topological polar surface area (TPSA) is 111 Å². The van der Waals surface area contributed by atoms with Crippen LogP contribution in [0.1, 0.15) is 27.3 Å². The molecule has 1 saturated heterocycles. The Bertz CT molecular complexity index is 867. The molecule has 2 amide bonds. The number of ether oxygens (including phenoxy) is 2. The number of nitrogens with zero attached hydrogens (tertiary/aromatic N) is 3. The maximum absolute atomic E-state index is 12.5. The molecule has 0 saturated carbocycles. The van der Waals surface area contributed by atoms with E-state index < -0.39 is 11.9 Å². The predicted molar refractivity (Wildman–Crippen MR) is 101 cm³/mol. The second-order valence-electron chi connectivity index (χ2n) is 6.22. The second kappa shape index (κ2) is 8.89. The van der Waals surface area contributed by atoms with Crippen LogP contribution >= 0.6 is 11.3 Å². The summed E-state index contributed by atoms with van der Waals surface area (Å²) in [6.45, 7) is 0.910. The Hall–Kier alpha value is -2.85. The molecule has 9 nitrogen and oxygen atoms in total. The Labute approximate surface area is 165 Å². The van der Waals surface area contributed by atoms with Gasteiger partial charge in [-0.3, -0.25) is 14.5 Å². The molecule has 1 aliphatic heterocycles. The fourth-order valence-corrected chi connectivity index (χ4v) is 3.65. The maximum atomic E-state index is 12.5. The summed E-state index contributed by atoms with van der Waals surface area (Å²) in [6.07, 6.45) is 0.131. The highest BCUT2D eigenvalue weighted by Crippen LogP contribution is 2.28. The van der Waals surface area contributed by atoms with E-state index in [-0.39, 0.29) is 24.8 Å². The summed E-state index contributed by atoms with van der Waals surface area (Å²) in [5, 5.41) is 12.0. The third-order valence-electron chi connectivity index (χ3n) is 4.29. The van der Waals surface area contributed by atoms with E-state index in [1.165, 1.54) is 23.3 Å². The molecule has 1 unspecified atom stereocenters. The highest BCUT2D eigenvalue weighted by atomic mass is 32.1. The number of hydrogen-bond donors (Lipinski definition) is 1. The van der Waals surface area contributed by atoms with Gasteiger partial charge in [0.1, 0.15) is 11.6 Å². The Morgan fingerprint density at radius 1 is 1.25 bits per heavy atom. The molecule has 28 heavy (non-hydrogen) atoms. The molecule has 0 radical (unpaired) electrons. The molecular formula is C18H20N4O5S. The van der Waals surface area contributed by atoms with Crippen LogP contribution in [0.3, 0.4) is 0 Å². The summed E-state index contributed by atoms with van der Waals surface area (Å²) in [6, 6.07) is 6.77. The van der Waals surface area contributed by atoms with Gasteiger partial charge in [0.05, 0.1) is 18.6 Å². The fraction of sp³-hybridized carbons (Fsp3) is 0.389. The van der Waals surface area contributed by atoms with E-state index in [9.17, 15) is 14.4 Å². The molecule has 0 aliphatic carbocycles. The number of carbonyl (C=O) groups excluding carboxylic acids is 3. The van der Waals surface area contributed by atoms with Gasteiger partial charge in [0.15, 0.2) is 0 Å². The molecule has 10 heteroatoms. The zero-order chi connectivity index (χ0) is 20.1. The van der Waals surface area contributed by atoms with Gasteiger partial charge in [-0.15, -0.1) is 10.2 Å². The minimum absolute atomic E-state index is 0.131. The predicted octanol–water partition coefficient (Wildman–Crippen LogP) is 1.14. The Morgan fingerprint density at radius 3 is 2.68 bits per heavy atom. The molecule has 2 heterocycles. The molecule has 0 spiro atoms. The molecule has 0 bridgehead atoms. The summed E-state index contributed by atoms with van der Waals surface area (Å²) in [7, 11) is 2.88. The van der Waals surface area contributed by atoms with Crippen molar-refractivity contribution in [3.63, 3.8) is 0 Å². The van der Waals surface area contributed by atoms with E-state index in [1.807, 2.05) is 0 Å². The van der Waals surface area contributed by atoms with Crippen molar-refractivity contribution in [3.8, 4) is 0 Å². The normalized spacial score (nSPS) is 16.3. The van der Waals surface area contributed by atoms with Gasteiger partial charge in [-0.2, -0.15) is 0 Å². The van der Waals surface area contributed by atoms with Gasteiger partial charge in [-0.25, -0.2) is 4.79 Å². The first-order valence-corrected chi connectivity index (χ1v) is 9.40. The first kappa shape index (κ1) is 19.9. The smallest absolute Gasteiger partial charge is 0.337 e. The highest BCUT2D eigenvalue weighted by Gasteiger charge is 2.36. The van der Waals surface area contributed by atoms with Crippen molar-refractivity contribution in [3.05, 3.63) is 40.4 Å². The number of carbonyl (C=O) groups is 3. The maximum Gasteiger partial charge on any atom is 0.337 e. The summed E-state index contributed by atoms with van der Waals surface area (Å²) >= 11 is 1.28.